The zero-order chi connectivity index (χ0) is 18.5. The molecular weight excluding hydrogens is 354 g/mol. The van der Waals surface area contributed by atoms with Gasteiger partial charge in [0.05, 0.1) is 22.1 Å². The van der Waals surface area contributed by atoms with Crippen molar-refractivity contribution in [2.45, 2.75) is 0 Å². The number of hydrogen-bond donors (Lipinski definition) is 3. The summed E-state index contributed by atoms with van der Waals surface area (Å²) in [6.45, 7) is 0. The molecule has 3 aromatic rings. The average molecular weight is 368 g/mol. The monoisotopic (exact) mass is 367 g/mol. The first kappa shape index (κ1) is 17.4. The van der Waals surface area contributed by atoms with Gasteiger partial charge in [-0.15, -0.1) is 0 Å². The third-order valence-electron chi connectivity index (χ3n) is 3.60. The van der Waals surface area contributed by atoms with E-state index in [4.69, 9.17) is 16.7 Å². The Kier molecular flexibility index (Phi) is 5.15. The topological polar surface area (TPSA) is 91.3 Å². The van der Waals surface area contributed by atoms with Crippen LogP contribution in [0.3, 0.4) is 0 Å². The quantitative estimate of drug-likeness (QED) is 0.620. The first-order valence-corrected chi connectivity index (χ1v) is 8.03. The second kappa shape index (κ2) is 7.67. The number of benzene rings is 2. The van der Waals surface area contributed by atoms with Crippen molar-refractivity contribution in [3.63, 3.8) is 0 Å². The molecule has 3 rings (SSSR count). The van der Waals surface area contributed by atoms with Crippen molar-refractivity contribution in [3.8, 4) is 11.3 Å². The third-order valence-corrected chi connectivity index (χ3v) is 3.90. The smallest absolute Gasteiger partial charge is 0.409 e. The maximum Gasteiger partial charge on any atom is 0.409 e. The Balaban J connectivity index is 1.79. The minimum atomic E-state index is -1.21. The number of hydrogen-bond acceptors (Lipinski definition) is 3. The molecule has 1 heterocycles. The van der Waals surface area contributed by atoms with Gasteiger partial charge in [0.1, 0.15) is 0 Å². The fourth-order valence-corrected chi connectivity index (χ4v) is 2.62. The summed E-state index contributed by atoms with van der Waals surface area (Å²) < 4.78 is 0. The molecule has 7 heteroatoms. The highest BCUT2D eigenvalue weighted by atomic mass is 35.5. The molecule has 0 fully saturated rings. The Morgan fingerprint density at radius 3 is 2.15 bits per heavy atom. The average Bonchev–Trinajstić information content (AvgIpc) is 2.63. The van der Waals surface area contributed by atoms with Crippen molar-refractivity contribution in [2.75, 3.05) is 10.6 Å². The molecule has 0 bridgehead atoms. The lowest BCUT2D eigenvalue weighted by molar-refractivity contribution is 0.102. The molecule has 2 aromatic carbocycles. The Morgan fingerprint density at radius 2 is 1.54 bits per heavy atom. The van der Waals surface area contributed by atoms with Crippen molar-refractivity contribution in [1.29, 1.82) is 0 Å². The lowest BCUT2D eigenvalue weighted by Crippen LogP contribution is -2.15. The van der Waals surface area contributed by atoms with Crippen molar-refractivity contribution in [1.82, 2.24) is 4.98 Å². The molecule has 3 N–H and O–H groups in total. The zero-order valence-electron chi connectivity index (χ0n) is 13.4. The van der Waals surface area contributed by atoms with Crippen LogP contribution in [-0.2, 0) is 0 Å². The number of para-hydroxylation sites is 2. The lowest BCUT2D eigenvalue weighted by atomic mass is 10.1. The van der Waals surface area contributed by atoms with E-state index in [0.717, 1.165) is 5.56 Å². The first-order valence-electron chi connectivity index (χ1n) is 7.66. The van der Waals surface area contributed by atoms with Crippen LogP contribution in [0.2, 0.25) is 5.02 Å². The summed E-state index contributed by atoms with van der Waals surface area (Å²) in [5.41, 5.74) is 2.52. The minimum Gasteiger partial charge on any atom is -0.465 e. The fraction of sp³-hybridized carbons (Fsp3) is 0. The van der Waals surface area contributed by atoms with Gasteiger partial charge in [-0.05, 0) is 36.4 Å². The van der Waals surface area contributed by atoms with E-state index in [0.29, 0.717) is 27.7 Å². The van der Waals surface area contributed by atoms with Gasteiger partial charge in [0, 0.05) is 17.3 Å². The third kappa shape index (κ3) is 3.99. The summed E-state index contributed by atoms with van der Waals surface area (Å²) in [5.74, 6) is -0.358. The van der Waals surface area contributed by atoms with Crippen LogP contribution in [0, 0.1) is 0 Å². The molecular formula is C19H14ClN3O3. The lowest BCUT2D eigenvalue weighted by Gasteiger charge is -2.11. The van der Waals surface area contributed by atoms with E-state index in [2.05, 4.69) is 15.6 Å². The van der Waals surface area contributed by atoms with Crippen LogP contribution < -0.4 is 10.6 Å². The molecule has 0 atom stereocenters. The molecule has 0 radical (unpaired) electrons. The normalized spacial score (nSPS) is 10.2. The fourth-order valence-electron chi connectivity index (χ4n) is 2.39. The van der Waals surface area contributed by atoms with E-state index >= 15 is 0 Å². The van der Waals surface area contributed by atoms with Crippen LogP contribution in [-0.4, -0.2) is 22.1 Å². The Bertz CT molecular complexity index is 958. The summed E-state index contributed by atoms with van der Waals surface area (Å²) in [5, 5.41) is 14.3. The molecule has 0 aliphatic carbocycles. The summed E-state index contributed by atoms with van der Waals surface area (Å²) in [7, 11) is 0. The van der Waals surface area contributed by atoms with Crippen LogP contribution in [0.25, 0.3) is 11.3 Å². The largest absolute Gasteiger partial charge is 0.465 e. The van der Waals surface area contributed by atoms with E-state index in [9.17, 15) is 9.59 Å². The molecule has 0 saturated heterocycles. The molecule has 2 amide bonds. The second-order valence-corrected chi connectivity index (χ2v) is 5.75. The number of pyridine rings is 1. The van der Waals surface area contributed by atoms with Gasteiger partial charge in [-0.2, -0.15) is 0 Å². The van der Waals surface area contributed by atoms with Crippen LogP contribution in [0.15, 0.2) is 66.9 Å². The number of amides is 2. The molecule has 0 aliphatic heterocycles. The molecule has 6 nitrogen and oxygen atoms in total. The second-order valence-electron chi connectivity index (χ2n) is 5.34. The number of rotatable bonds is 4. The Labute approximate surface area is 154 Å². The highest BCUT2D eigenvalue weighted by molar-refractivity contribution is 6.33. The van der Waals surface area contributed by atoms with Gasteiger partial charge in [0.25, 0.3) is 5.91 Å². The number of nitrogens with one attached hydrogen (secondary N) is 2. The number of carbonyl (C=O) groups is 2. The molecule has 0 unspecified atom stereocenters. The van der Waals surface area contributed by atoms with Crippen LogP contribution in [0.5, 0.6) is 0 Å². The first-order chi connectivity index (χ1) is 12.5. The minimum absolute atomic E-state index is 0.297. The van der Waals surface area contributed by atoms with Crippen molar-refractivity contribution >= 4 is 35.0 Å². The van der Waals surface area contributed by atoms with Gasteiger partial charge in [-0.3, -0.25) is 15.1 Å². The van der Waals surface area contributed by atoms with Gasteiger partial charge < -0.3 is 10.4 Å². The zero-order valence-corrected chi connectivity index (χ0v) is 14.2. The van der Waals surface area contributed by atoms with Crippen molar-refractivity contribution in [3.05, 3.63) is 77.4 Å². The highest BCUT2D eigenvalue weighted by Gasteiger charge is 2.11. The summed E-state index contributed by atoms with van der Waals surface area (Å²) in [6, 6.07) is 16.9. The molecule has 130 valence electrons. The predicted molar refractivity (Wildman–Crippen MR) is 101 cm³/mol. The van der Waals surface area contributed by atoms with E-state index in [1.807, 2.05) is 0 Å². The Morgan fingerprint density at radius 1 is 0.885 bits per heavy atom. The number of halogens is 1. The maximum atomic E-state index is 12.4. The van der Waals surface area contributed by atoms with E-state index < -0.39 is 6.09 Å². The van der Waals surface area contributed by atoms with E-state index in [1.54, 1.807) is 66.9 Å². The van der Waals surface area contributed by atoms with Gasteiger partial charge in [0.15, 0.2) is 0 Å². The number of carbonyl (C=O) groups excluding carboxylic acids is 1. The number of aromatic nitrogens is 1. The number of nitrogens with zero attached hydrogens (tertiary/aromatic N) is 1. The summed E-state index contributed by atoms with van der Waals surface area (Å²) in [4.78, 5) is 27.5. The van der Waals surface area contributed by atoms with Gasteiger partial charge in [-0.1, -0.05) is 35.9 Å². The van der Waals surface area contributed by atoms with E-state index in [-0.39, 0.29) is 5.91 Å². The predicted octanol–water partition coefficient (Wildman–Crippen LogP) is 4.74. The van der Waals surface area contributed by atoms with Crippen LogP contribution >= 0.6 is 11.6 Å². The Hall–Kier alpha value is -3.38. The SMILES string of the molecule is O=C(O)Nc1ccccc1NC(=O)c1ccc(-c2ncccc2Cl)cc1. The molecule has 0 spiro atoms. The number of anilines is 2. The van der Waals surface area contributed by atoms with Crippen LogP contribution in [0.1, 0.15) is 10.4 Å². The van der Waals surface area contributed by atoms with Gasteiger partial charge in [-0.25, -0.2) is 4.79 Å². The molecule has 1 aromatic heterocycles. The van der Waals surface area contributed by atoms with Crippen molar-refractivity contribution in [2.24, 2.45) is 0 Å². The maximum absolute atomic E-state index is 12.4. The van der Waals surface area contributed by atoms with Gasteiger partial charge >= 0.3 is 6.09 Å². The molecule has 0 aliphatic rings. The molecule has 0 saturated carbocycles. The van der Waals surface area contributed by atoms with Crippen LogP contribution in [0.4, 0.5) is 16.2 Å². The van der Waals surface area contributed by atoms with Gasteiger partial charge in [0.2, 0.25) is 0 Å². The molecule has 26 heavy (non-hydrogen) atoms. The standard InChI is InChI=1S/C19H14ClN3O3/c20-14-4-3-11-21-17(14)12-7-9-13(10-8-12)18(24)22-15-5-1-2-6-16(15)23-19(25)26/h1-11,23H,(H,22,24)(H,25,26). The number of carboxylic acid groups (broad SMARTS) is 1. The van der Waals surface area contributed by atoms with E-state index in [1.165, 1.54) is 0 Å². The summed E-state index contributed by atoms with van der Waals surface area (Å²) in [6.07, 6.45) is 0.442. The summed E-state index contributed by atoms with van der Waals surface area (Å²) >= 11 is 6.13. The highest BCUT2D eigenvalue weighted by Crippen LogP contribution is 2.26. The van der Waals surface area contributed by atoms with Crippen molar-refractivity contribution < 1.29 is 14.7 Å².